The highest BCUT2D eigenvalue weighted by Gasteiger charge is 2.35. The fourth-order valence-corrected chi connectivity index (χ4v) is 4.89. The van der Waals surface area contributed by atoms with Crippen LogP contribution in [0, 0.1) is 6.92 Å². The molecule has 4 rings (SSSR count). The first-order valence-electron chi connectivity index (χ1n) is 11.5. The first-order valence-corrected chi connectivity index (χ1v) is 12.4. The van der Waals surface area contributed by atoms with Crippen LogP contribution in [-0.2, 0) is 17.6 Å². The number of thiazole rings is 1. The molecule has 4 heterocycles. The molecule has 0 aliphatic carbocycles. The van der Waals surface area contributed by atoms with E-state index in [-0.39, 0.29) is 12.1 Å². The topological polar surface area (TPSA) is 85.3 Å². The Balaban J connectivity index is 1.65. The van der Waals surface area contributed by atoms with Crippen LogP contribution in [0.2, 0.25) is 0 Å². The Morgan fingerprint density at radius 3 is 2.55 bits per heavy atom. The zero-order valence-electron chi connectivity index (χ0n) is 20.0. The lowest BCUT2D eigenvalue weighted by Gasteiger charge is -2.22. The maximum Gasteiger partial charge on any atom is 0.213 e. The second kappa shape index (κ2) is 10.4. The van der Waals surface area contributed by atoms with E-state index < -0.39 is 0 Å². The molecule has 0 amide bonds. The van der Waals surface area contributed by atoms with E-state index in [0.29, 0.717) is 12.5 Å². The van der Waals surface area contributed by atoms with Crippen molar-refractivity contribution in [2.45, 2.75) is 52.7 Å². The minimum Gasteiger partial charge on any atom is -0.481 e. The molecule has 0 unspecified atom stereocenters. The predicted octanol–water partition coefficient (Wildman–Crippen LogP) is 4.14. The van der Waals surface area contributed by atoms with Crippen LogP contribution < -0.4 is 15.0 Å². The molecule has 33 heavy (non-hydrogen) atoms. The SMILES string of the molecule is CCO[C@H]1CN(c2nccs2)C[C@H]1Nc1nc(CC)c(-c2ccc(OC)nc2C)nc1CC. The van der Waals surface area contributed by atoms with Crippen LogP contribution in [0.15, 0.2) is 23.7 Å². The van der Waals surface area contributed by atoms with Gasteiger partial charge in [-0.2, -0.15) is 0 Å². The van der Waals surface area contributed by atoms with Gasteiger partial charge in [0.25, 0.3) is 0 Å². The number of aromatic nitrogens is 4. The molecule has 9 heteroatoms. The molecule has 0 radical (unpaired) electrons. The average Bonchev–Trinajstić information content (AvgIpc) is 3.49. The van der Waals surface area contributed by atoms with E-state index in [4.69, 9.17) is 19.4 Å². The zero-order chi connectivity index (χ0) is 23.4. The van der Waals surface area contributed by atoms with Crippen molar-refractivity contribution in [1.82, 2.24) is 19.9 Å². The highest BCUT2D eigenvalue weighted by molar-refractivity contribution is 7.13. The van der Waals surface area contributed by atoms with Gasteiger partial charge in [-0.05, 0) is 32.8 Å². The highest BCUT2D eigenvalue weighted by Crippen LogP contribution is 2.30. The summed E-state index contributed by atoms with van der Waals surface area (Å²) in [6, 6.07) is 4.00. The molecule has 1 N–H and O–H groups in total. The van der Waals surface area contributed by atoms with Crippen molar-refractivity contribution in [3.63, 3.8) is 0 Å². The van der Waals surface area contributed by atoms with E-state index in [1.807, 2.05) is 37.6 Å². The molecule has 176 valence electrons. The number of methoxy groups -OCH3 is 1. The summed E-state index contributed by atoms with van der Waals surface area (Å²) in [6.45, 7) is 10.5. The second-order valence-electron chi connectivity index (χ2n) is 7.97. The van der Waals surface area contributed by atoms with Crippen molar-refractivity contribution in [3.05, 3.63) is 40.8 Å². The lowest BCUT2D eigenvalue weighted by molar-refractivity contribution is 0.0719. The summed E-state index contributed by atoms with van der Waals surface area (Å²) in [5.41, 5.74) is 4.66. The second-order valence-corrected chi connectivity index (χ2v) is 8.85. The highest BCUT2D eigenvalue weighted by atomic mass is 32.1. The van der Waals surface area contributed by atoms with Gasteiger partial charge in [-0.3, -0.25) is 0 Å². The van der Waals surface area contributed by atoms with Crippen molar-refractivity contribution >= 4 is 22.3 Å². The summed E-state index contributed by atoms with van der Waals surface area (Å²) in [5.74, 6) is 1.44. The Kier molecular flexibility index (Phi) is 7.39. The standard InChI is InChI=1S/C24H32N6O2S/c1-6-17-22(16-9-10-21(31-5)26-15(16)4)27-18(7-2)23(28-17)29-19-13-30(14-20(19)32-8-3)24-25-11-12-33-24/h9-12,19-20H,6-8,13-14H2,1-5H3,(H,28,29)/t19-,20+/m1/s1. The third kappa shape index (κ3) is 4.94. The molecule has 8 nitrogen and oxygen atoms in total. The van der Waals surface area contributed by atoms with Crippen LogP contribution in [0.4, 0.5) is 10.9 Å². The number of nitrogens with one attached hydrogen (secondary N) is 1. The third-order valence-corrected chi connectivity index (χ3v) is 6.73. The molecule has 0 aromatic carbocycles. The minimum atomic E-state index is 0.0585. The molecule has 2 atom stereocenters. The van der Waals surface area contributed by atoms with E-state index in [9.17, 15) is 0 Å². The van der Waals surface area contributed by atoms with Crippen molar-refractivity contribution in [2.24, 2.45) is 0 Å². The lowest BCUT2D eigenvalue weighted by Crippen LogP contribution is -2.35. The molecular formula is C24H32N6O2S. The average molecular weight is 469 g/mol. The molecule has 1 aliphatic heterocycles. The normalized spacial score (nSPS) is 18.0. The van der Waals surface area contributed by atoms with Gasteiger partial charge in [-0.1, -0.05) is 13.8 Å². The summed E-state index contributed by atoms with van der Waals surface area (Å²) < 4.78 is 11.4. The van der Waals surface area contributed by atoms with E-state index in [2.05, 4.69) is 34.0 Å². The molecular weight excluding hydrogens is 436 g/mol. The monoisotopic (exact) mass is 468 g/mol. The van der Waals surface area contributed by atoms with Gasteiger partial charge < -0.3 is 19.7 Å². The van der Waals surface area contributed by atoms with Crippen LogP contribution in [0.25, 0.3) is 11.3 Å². The smallest absolute Gasteiger partial charge is 0.213 e. The number of rotatable bonds is 9. The van der Waals surface area contributed by atoms with Gasteiger partial charge in [-0.25, -0.2) is 19.9 Å². The number of anilines is 2. The maximum absolute atomic E-state index is 6.08. The Morgan fingerprint density at radius 1 is 1.09 bits per heavy atom. The fourth-order valence-electron chi connectivity index (χ4n) is 4.23. The Hall–Kier alpha value is -2.78. The van der Waals surface area contributed by atoms with Crippen molar-refractivity contribution in [1.29, 1.82) is 0 Å². The molecule has 3 aromatic heterocycles. The predicted molar refractivity (Wildman–Crippen MR) is 132 cm³/mol. The molecule has 0 bridgehead atoms. The summed E-state index contributed by atoms with van der Waals surface area (Å²) >= 11 is 1.65. The van der Waals surface area contributed by atoms with Gasteiger partial charge in [0, 0.05) is 42.9 Å². The molecule has 0 spiro atoms. The van der Waals surface area contributed by atoms with Crippen LogP contribution in [-0.4, -0.2) is 58.9 Å². The van der Waals surface area contributed by atoms with Gasteiger partial charge in [0.05, 0.1) is 42.0 Å². The fraction of sp³-hybridized carbons (Fsp3) is 0.500. The Labute approximate surface area is 199 Å². The van der Waals surface area contributed by atoms with Gasteiger partial charge in [0.2, 0.25) is 5.88 Å². The first-order chi connectivity index (χ1) is 16.1. The van der Waals surface area contributed by atoms with E-state index in [1.54, 1.807) is 18.4 Å². The van der Waals surface area contributed by atoms with Crippen molar-refractivity contribution < 1.29 is 9.47 Å². The first kappa shape index (κ1) is 23.4. The van der Waals surface area contributed by atoms with E-state index in [0.717, 1.165) is 65.2 Å². The summed E-state index contributed by atoms with van der Waals surface area (Å²) in [5, 5.41) is 6.71. The summed E-state index contributed by atoms with van der Waals surface area (Å²) in [6.07, 6.45) is 3.46. The number of hydrogen-bond acceptors (Lipinski definition) is 9. The minimum absolute atomic E-state index is 0.0585. The van der Waals surface area contributed by atoms with Gasteiger partial charge in [0.15, 0.2) is 5.13 Å². The summed E-state index contributed by atoms with van der Waals surface area (Å²) in [7, 11) is 1.63. The molecule has 1 saturated heterocycles. The van der Waals surface area contributed by atoms with Gasteiger partial charge in [0.1, 0.15) is 5.82 Å². The summed E-state index contributed by atoms with van der Waals surface area (Å²) in [4.78, 5) is 21.4. The number of aryl methyl sites for hydroxylation is 3. The molecule has 0 saturated carbocycles. The largest absolute Gasteiger partial charge is 0.481 e. The zero-order valence-corrected chi connectivity index (χ0v) is 20.8. The van der Waals surface area contributed by atoms with Crippen molar-refractivity contribution in [2.75, 3.05) is 37.0 Å². The number of hydrogen-bond donors (Lipinski definition) is 1. The molecule has 1 fully saturated rings. The number of pyridine rings is 1. The van der Waals surface area contributed by atoms with Crippen LogP contribution >= 0.6 is 11.3 Å². The maximum atomic E-state index is 6.08. The molecule has 1 aliphatic rings. The van der Waals surface area contributed by atoms with Crippen LogP contribution in [0.1, 0.15) is 37.9 Å². The number of ether oxygens (including phenoxy) is 2. The van der Waals surface area contributed by atoms with Crippen molar-refractivity contribution in [3.8, 4) is 17.1 Å². The third-order valence-electron chi connectivity index (χ3n) is 5.89. The van der Waals surface area contributed by atoms with E-state index in [1.165, 1.54) is 0 Å². The quantitative estimate of drug-likeness (QED) is 0.501. The lowest BCUT2D eigenvalue weighted by atomic mass is 10.1. The van der Waals surface area contributed by atoms with Gasteiger partial charge in [-0.15, -0.1) is 11.3 Å². The molecule has 3 aromatic rings. The van der Waals surface area contributed by atoms with Gasteiger partial charge >= 0.3 is 0 Å². The van der Waals surface area contributed by atoms with E-state index >= 15 is 0 Å². The number of nitrogens with zero attached hydrogens (tertiary/aromatic N) is 5. The Bertz CT molecular complexity index is 1080. The van der Waals surface area contributed by atoms with Crippen LogP contribution in [0.5, 0.6) is 5.88 Å². The Morgan fingerprint density at radius 2 is 1.91 bits per heavy atom. The van der Waals surface area contributed by atoms with Crippen LogP contribution in [0.3, 0.4) is 0 Å².